The number of amides is 1. The Bertz CT molecular complexity index is 1170. The number of dihydropyridines is 1. The fourth-order valence-corrected chi connectivity index (χ4v) is 4.47. The van der Waals surface area contributed by atoms with Gasteiger partial charge in [0.25, 0.3) is 5.91 Å². The lowest BCUT2D eigenvalue weighted by atomic mass is 9.75. The number of hydrogen-bond donors (Lipinski definition) is 2. The molecular formula is C24H21FN2O4. The summed E-state index contributed by atoms with van der Waals surface area (Å²) in [5, 5.41) is 6.06. The number of halogens is 1. The summed E-state index contributed by atoms with van der Waals surface area (Å²) in [6.45, 7) is 1.96. The highest BCUT2D eigenvalue weighted by Crippen LogP contribution is 2.45. The molecule has 0 fully saturated rings. The molecule has 0 radical (unpaired) electrons. The maximum Gasteiger partial charge on any atom is 0.254 e. The van der Waals surface area contributed by atoms with E-state index < -0.39 is 11.7 Å². The van der Waals surface area contributed by atoms with Crippen molar-refractivity contribution in [2.24, 2.45) is 0 Å². The summed E-state index contributed by atoms with van der Waals surface area (Å²) in [5.74, 6) is -0.127. The van der Waals surface area contributed by atoms with Gasteiger partial charge in [-0.3, -0.25) is 9.59 Å². The normalized spacial score (nSPS) is 19.8. The molecule has 0 saturated heterocycles. The lowest BCUT2D eigenvalue weighted by molar-refractivity contribution is -0.116. The third-order valence-electron chi connectivity index (χ3n) is 5.83. The third kappa shape index (κ3) is 3.46. The molecule has 2 aliphatic heterocycles. The second-order valence-electron chi connectivity index (χ2n) is 7.84. The van der Waals surface area contributed by atoms with Gasteiger partial charge in [-0.05, 0) is 55.7 Å². The van der Waals surface area contributed by atoms with Gasteiger partial charge in [0.05, 0.1) is 0 Å². The first-order chi connectivity index (χ1) is 15.0. The minimum atomic E-state index is -0.549. The number of ketones is 1. The van der Waals surface area contributed by atoms with E-state index in [0.717, 1.165) is 24.1 Å². The van der Waals surface area contributed by atoms with E-state index in [1.165, 1.54) is 18.2 Å². The first-order valence-corrected chi connectivity index (χ1v) is 10.2. The Morgan fingerprint density at radius 3 is 2.81 bits per heavy atom. The molecule has 6 nitrogen and oxygen atoms in total. The molecule has 31 heavy (non-hydrogen) atoms. The summed E-state index contributed by atoms with van der Waals surface area (Å²) in [4.78, 5) is 26.3. The number of Topliss-reactive ketones (excluding diaryl/α,β-unsaturated/α-hetero) is 1. The molecule has 2 heterocycles. The van der Waals surface area contributed by atoms with Crippen molar-refractivity contribution in [2.75, 3.05) is 12.1 Å². The van der Waals surface area contributed by atoms with Gasteiger partial charge in [-0.1, -0.05) is 12.1 Å². The van der Waals surface area contributed by atoms with Crippen LogP contribution >= 0.6 is 0 Å². The lowest BCUT2D eigenvalue weighted by Crippen LogP contribution is -2.35. The highest BCUT2D eigenvalue weighted by molar-refractivity contribution is 6.09. The minimum Gasteiger partial charge on any atom is -0.454 e. The molecular weight excluding hydrogens is 399 g/mol. The smallest absolute Gasteiger partial charge is 0.254 e. The quantitative estimate of drug-likeness (QED) is 0.780. The summed E-state index contributed by atoms with van der Waals surface area (Å²) < 4.78 is 24.6. The molecule has 1 atom stereocenters. The lowest BCUT2D eigenvalue weighted by Gasteiger charge is -2.34. The molecule has 1 aliphatic carbocycles. The summed E-state index contributed by atoms with van der Waals surface area (Å²) in [5.41, 5.74) is 3.70. The van der Waals surface area contributed by atoms with Gasteiger partial charge in [0.2, 0.25) is 6.79 Å². The second kappa shape index (κ2) is 7.58. The molecule has 1 amide bonds. The molecule has 3 aliphatic rings. The van der Waals surface area contributed by atoms with Gasteiger partial charge in [0.15, 0.2) is 17.3 Å². The van der Waals surface area contributed by atoms with E-state index in [0.29, 0.717) is 40.5 Å². The van der Waals surface area contributed by atoms with Crippen LogP contribution in [-0.2, 0) is 9.59 Å². The predicted molar refractivity (Wildman–Crippen MR) is 112 cm³/mol. The number of hydrogen-bond acceptors (Lipinski definition) is 5. The van der Waals surface area contributed by atoms with Gasteiger partial charge in [0, 0.05) is 40.6 Å². The molecule has 2 aromatic rings. The number of benzene rings is 2. The van der Waals surface area contributed by atoms with Crippen LogP contribution in [0.3, 0.4) is 0 Å². The molecule has 2 aromatic carbocycles. The van der Waals surface area contributed by atoms with Crippen molar-refractivity contribution in [3.05, 3.63) is 76.4 Å². The van der Waals surface area contributed by atoms with Crippen molar-refractivity contribution in [1.82, 2.24) is 5.32 Å². The van der Waals surface area contributed by atoms with Crippen LogP contribution in [0.5, 0.6) is 11.5 Å². The second-order valence-corrected chi connectivity index (χ2v) is 7.84. The number of ether oxygens (including phenoxy) is 2. The largest absolute Gasteiger partial charge is 0.454 e. The van der Waals surface area contributed by atoms with E-state index in [9.17, 15) is 14.0 Å². The number of rotatable bonds is 3. The Morgan fingerprint density at radius 2 is 1.97 bits per heavy atom. The first kappa shape index (κ1) is 19.4. The Hall–Kier alpha value is -3.61. The van der Waals surface area contributed by atoms with Gasteiger partial charge in [-0.25, -0.2) is 4.39 Å². The minimum absolute atomic E-state index is 0.0278. The van der Waals surface area contributed by atoms with Gasteiger partial charge in [0.1, 0.15) is 5.82 Å². The Morgan fingerprint density at radius 1 is 1.13 bits per heavy atom. The summed E-state index contributed by atoms with van der Waals surface area (Å²) in [6.07, 6.45) is 1.97. The molecule has 7 heteroatoms. The van der Waals surface area contributed by atoms with Crippen LogP contribution in [0, 0.1) is 5.82 Å². The van der Waals surface area contributed by atoms with Crippen LogP contribution in [0.25, 0.3) is 0 Å². The van der Waals surface area contributed by atoms with E-state index in [-0.39, 0.29) is 18.5 Å². The maximum atomic E-state index is 13.6. The number of fused-ring (bicyclic) bond motifs is 1. The fourth-order valence-electron chi connectivity index (χ4n) is 4.47. The van der Waals surface area contributed by atoms with E-state index in [1.807, 2.05) is 19.1 Å². The van der Waals surface area contributed by atoms with Crippen LogP contribution in [0.15, 0.2) is 65.0 Å². The zero-order valence-corrected chi connectivity index (χ0v) is 17.0. The molecule has 0 spiro atoms. The van der Waals surface area contributed by atoms with Crippen molar-refractivity contribution in [1.29, 1.82) is 0 Å². The van der Waals surface area contributed by atoms with Crippen LogP contribution in [0.2, 0.25) is 0 Å². The van der Waals surface area contributed by atoms with E-state index in [1.54, 1.807) is 12.1 Å². The number of allylic oxidation sites excluding steroid dienone is 3. The fraction of sp³-hybridized carbons (Fsp3) is 0.250. The Labute approximate surface area is 178 Å². The average Bonchev–Trinajstić information content (AvgIpc) is 3.20. The highest BCUT2D eigenvalue weighted by atomic mass is 19.1. The first-order valence-electron chi connectivity index (χ1n) is 10.2. The van der Waals surface area contributed by atoms with Gasteiger partial charge < -0.3 is 20.1 Å². The van der Waals surface area contributed by atoms with E-state index in [4.69, 9.17) is 9.47 Å². The number of carbonyl (C=O) groups is 2. The third-order valence-corrected chi connectivity index (χ3v) is 5.83. The molecule has 0 aromatic heterocycles. The van der Waals surface area contributed by atoms with Crippen molar-refractivity contribution in [3.63, 3.8) is 0 Å². The molecule has 0 bridgehead atoms. The van der Waals surface area contributed by atoms with Crippen LogP contribution in [0.4, 0.5) is 10.1 Å². The number of anilines is 1. The van der Waals surface area contributed by atoms with Crippen molar-refractivity contribution in [2.45, 2.75) is 32.1 Å². The number of carbonyl (C=O) groups excluding carboxylic acids is 2. The summed E-state index contributed by atoms with van der Waals surface area (Å²) in [6, 6.07) is 11.2. The van der Waals surface area contributed by atoms with Crippen LogP contribution < -0.4 is 20.1 Å². The van der Waals surface area contributed by atoms with Crippen molar-refractivity contribution < 1.29 is 23.5 Å². The van der Waals surface area contributed by atoms with Gasteiger partial charge in [-0.2, -0.15) is 0 Å². The summed E-state index contributed by atoms with van der Waals surface area (Å²) >= 11 is 0. The van der Waals surface area contributed by atoms with E-state index >= 15 is 0 Å². The maximum absolute atomic E-state index is 13.6. The SMILES string of the molecule is CC1=C(C(=O)Nc2cccc(F)c2)[C@@H](c2ccc3c(c2)OCO3)C2=C(CCCC2=O)N1. The predicted octanol–water partition coefficient (Wildman–Crippen LogP) is 4.16. The Balaban J connectivity index is 1.59. The van der Waals surface area contributed by atoms with Crippen molar-refractivity contribution in [3.8, 4) is 11.5 Å². The van der Waals surface area contributed by atoms with Gasteiger partial charge in [-0.15, -0.1) is 0 Å². The molecule has 0 saturated carbocycles. The molecule has 2 N–H and O–H groups in total. The molecule has 158 valence electrons. The molecule has 0 unspecified atom stereocenters. The summed E-state index contributed by atoms with van der Waals surface area (Å²) in [7, 11) is 0. The average molecular weight is 420 g/mol. The zero-order chi connectivity index (χ0) is 21.5. The van der Waals surface area contributed by atoms with Crippen molar-refractivity contribution >= 4 is 17.4 Å². The highest BCUT2D eigenvalue weighted by Gasteiger charge is 2.39. The van der Waals surface area contributed by atoms with Crippen LogP contribution in [-0.4, -0.2) is 18.5 Å². The zero-order valence-electron chi connectivity index (χ0n) is 17.0. The monoisotopic (exact) mass is 420 g/mol. The van der Waals surface area contributed by atoms with E-state index in [2.05, 4.69) is 10.6 Å². The van der Waals surface area contributed by atoms with Crippen LogP contribution in [0.1, 0.15) is 37.7 Å². The van der Waals surface area contributed by atoms with Gasteiger partial charge >= 0.3 is 0 Å². The molecule has 5 rings (SSSR count). The number of nitrogens with one attached hydrogen (secondary N) is 2. The Kier molecular flexibility index (Phi) is 4.73. The topological polar surface area (TPSA) is 76.7 Å². The standard InChI is InChI=1S/C24H21FN2O4/c1-13-21(24(29)27-16-5-2-4-15(25)11-16)22(23-17(26-13)6-3-7-18(23)28)14-8-9-19-20(10-14)31-12-30-19/h2,4-5,8-11,22,26H,3,6-7,12H2,1H3,(H,27,29)/t22-/m1/s1.